The molecule has 7 N–H and O–H groups in total. The minimum absolute atomic E-state index is 0.0331. The van der Waals surface area contributed by atoms with Crippen molar-refractivity contribution in [3.8, 4) is 0 Å². The highest BCUT2D eigenvalue weighted by atomic mass is 16.4. The van der Waals surface area contributed by atoms with Crippen molar-refractivity contribution in [2.24, 2.45) is 0 Å². The van der Waals surface area contributed by atoms with Gasteiger partial charge in [-0.15, -0.1) is 0 Å². The van der Waals surface area contributed by atoms with Crippen molar-refractivity contribution in [2.75, 3.05) is 109 Å². The van der Waals surface area contributed by atoms with Gasteiger partial charge in [-0.2, -0.15) is 0 Å². The molecule has 0 aliphatic carbocycles. The quantitative estimate of drug-likeness (QED) is 0.0961. The van der Waals surface area contributed by atoms with Crippen LogP contribution < -0.4 is 10.6 Å². The van der Waals surface area contributed by atoms with Gasteiger partial charge in [-0.1, -0.05) is 0 Å². The number of hydrogen-bond donors (Lipinski definition) is 7. The third-order valence-electron chi connectivity index (χ3n) is 6.77. The molecule has 45 heavy (non-hydrogen) atoms. The molecule has 1 aliphatic rings. The van der Waals surface area contributed by atoms with Crippen LogP contribution in [0.4, 0.5) is 11.4 Å². The summed E-state index contributed by atoms with van der Waals surface area (Å²) in [7, 11) is 0. The molecule has 0 radical (unpaired) electrons. The Morgan fingerprint density at radius 2 is 0.867 bits per heavy atom. The molecule has 0 saturated carbocycles. The molecule has 250 valence electrons. The third-order valence-corrected chi connectivity index (χ3v) is 6.77. The third kappa shape index (κ3) is 16.3. The van der Waals surface area contributed by atoms with E-state index in [1.807, 2.05) is 0 Å². The molecule has 18 heteroatoms. The first-order valence-corrected chi connectivity index (χ1v) is 14.1. The van der Waals surface area contributed by atoms with Crippen molar-refractivity contribution in [1.29, 1.82) is 0 Å². The van der Waals surface area contributed by atoms with Gasteiger partial charge in [0.05, 0.1) is 45.9 Å². The second-order valence-corrected chi connectivity index (χ2v) is 10.5. The summed E-state index contributed by atoms with van der Waals surface area (Å²) in [6, 6.07) is 6.49. The zero-order valence-corrected chi connectivity index (χ0v) is 24.8. The Labute approximate surface area is 259 Å². The highest BCUT2D eigenvalue weighted by molar-refractivity contribution is 5.92. The van der Waals surface area contributed by atoms with E-state index in [9.17, 15) is 44.1 Å². The molecule has 2 rings (SSSR count). The number of benzene rings is 1. The molecule has 1 aromatic rings. The first-order chi connectivity index (χ1) is 21.3. The number of nitrogens with one attached hydrogen (secondary N) is 2. The minimum atomic E-state index is -1.17. The van der Waals surface area contributed by atoms with Gasteiger partial charge < -0.3 is 36.2 Å². The number of hydrogen-bond acceptors (Lipinski definition) is 12. The lowest BCUT2D eigenvalue weighted by molar-refractivity contribution is -0.142. The molecular formula is C27H41N7O11. The molecule has 0 bridgehead atoms. The van der Waals surface area contributed by atoms with E-state index in [1.54, 1.807) is 43.9 Å². The molecular weight excluding hydrogens is 598 g/mol. The van der Waals surface area contributed by atoms with E-state index in [0.717, 1.165) is 0 Å². The van der Waals surface area contributed by atoms with Crippen LogP contribution in [0.5, 0.6) is 0 Å². The monoisotopic (exact) mass is 639 g/mol. The topological polar surface area (TPSA) is 244 Å². The lowest BCUT2D eigenvalue weighted by Gasteiger charge is -2.32. The summed E-state index contributed by atoms with van der Waals surface area (Å²) in [5.41, 5.74) is 1.03. The van der Waals surface area contributed by atoms with E-state index in [4.69, 9.17) is 10.2 Å². The molecule has 0 spiro atoms. The molecule has 1 fully saturated rings. The summed E-state index contributed by atoms with van der Waals surface area (Å²) in [6.07, 6.45) is 0. The zero-order valence-electron chi connectivity index (χ0n) is 24.8. The van der Waals surface area contributed by atoms with Crippen molar-refractivity contribution < 1.29 is 54.3 Å². The highest BCUT2D eigenvalue weighted by Gasteiger charge is 2.21. The summed E-state index contributed by atoms with van der Waals surface area (Å²) in [4.78, 5) is 77.1. The van der Waals surface area contributed by atoms with E-state index < -0.39 is 42.9 Å². The predicted octanol–water partition coefficient (Wildman–Crippen LogP) is -2.06. The Balaban J connectivity index is 2.04. The maximum Gasteiger partial charge on any atom is 0.317 e. The van der Waals surface area contributed by atoms with Crippen LogP contribution in [0.1, 0.15) is 0 Å². The second kappa shape index (κ2) is 19.1. The van der Waals surface area contributed by atoms with Crippen molar-refractivity contribution in [2.45, 2.75) is 0 Å². The Kier molecular flexibility index (Phi) is 15.6. The van der Waals surface area contributed by atoms with Gasteiger partial charge in [0.15, 0.2) is 0 Å². The molecule has 1 saturated heterocycles. The van der Waals surface area contributed by atoms with Crippen molar-refractivity contribution in [3.05, 3.63) is 24.3 Å². The average molecular weight is 640 g/mol. The van der Waals surface area contributed by atoms with E-state index in [2.05, 4.69) is 10.6 Å². The zero-order chi connectivity index (χ0) is 33.4. The standard InChI is InChI=1S/C27H41N7O11/c35-22(29-21-3-1-20(2-4-21)28-19-34(17-26(42)43)18-27(44)45)13-30-5-7-31(14-23(36)37)9-11-33(16-25(40)41)12-10-32(8-6-30)15-24(38)39/h1-4,28H,5-19H2,(H,29,35)(H,36,37)(H,38,39)(H,40,41)(H,42,43)(H,44,45). The van der Waals surface area contributed by atoms with Crippen molar-refractivity contribution in [1.82, 2.24) is 24.5 Å². The highest BCUT2D eigenvalue weighted by Crippen LogP contribution is 2.14. The van der Waals surface area contributed by atoms with E-state index in [1.165, 1.54) is 4.90 Å². The molecule has 1 heterocycles. The summed E-state index contributed by atoms with van der Waals surface area (Å²) in [6.45, 7) is 0.400. The molecule has 0 unspecified atom stereocenters. The Morgan fingerprint density at radius 3 is 1.20 bits per heavy atom. The van der Waals surface area contributed by atoms with Crippen LogP contribution in [0.15, 0.2) is 24.3 Å². The normalized spacial score (nSPS) is 16.3. The smallest absolute Gasteiger partial charge is 0.317 e. The lowest BCUT2D eigenvalue weighted by atomic mass is 10.2. The van der Waals surface area contributed by atoms with Crippen LogP contribution >= 0.6 is 0 Å². The number of nitrogens with zero attached hydrogens (tertiary/aromatic N) is 5. The maximum absolute atomic E-state index is 13.0. The Morgan fingerprint density at radius 1 is 0.533 bits per heavy atom. The van der Waals surface area contributed by atoms with Crippen LogP contribution in [0.3, 0.4) is 0 Å². The number of carbonyl (C=O) groups is 6. The number of aliphatic carboxylic acids is 5. The largest absolute Gasteiger partial charge is 0.480 e. The summed E-state index contributed by atoms with van der Waals surface area (Å²) in [5, 5.41) is 51.6. The SMILES string of the molecule is O=C(O)CN1CCN(CC(=O)O)CCN(CC(=O)Nc2ccc(NCN(CC(=O)O)CC(=O)O)cc2)CCN(CC(=O)O)CC1. The minimum Gasteiger partial charge on any atom is -0.480 e. The lowest BCUT2D eigenvalue weighted by Crippen LogP contribution is -2.49. The van der Waals surface area contributed by atoms with Gasteiger partial charge >= 0.3 is 29.8 Å². The number of carboxylic acids is 5. The van der Waals surface area contributed by atoms with Gasteiger partial charge in [-0.3, -0.25) is 53.3 Å². The molecule has 1 aliphatic heterocycles. The fraction of sp³-hybridized carbons (Fsp3) is 0.556. The van der Waals surface area contributed by atoms with Crippen LogP contribution in [-0.2, 0) is 28.8 Å². The summed E-state index contributed by atoms with van der Waals surface area (Å²) >= 11 is 0. The summed E-state index contributed by atoms with van der Waals surface area (Å²) in [5.74, 6) is -5.83. The number of carbonyl (C=O) groups excluding carboxylic acids is 1. The van der Waals surface area contributed by atoms with Crippen LogP contribution in [-0.4, -0.2) is 184 Å². The van der Waals surface area contributed by atoms with E-state index in [0.29, 0.717) is 24.5 Å². The molecule has 1 aromatic carbocycles. The number of carboxylic acid groups (broad SMARTS) is 5. The fourth-order valence-electron chi connectivity index (χ4n) is 4.61. The molecule has 0 aromatic heterocycles. The second-order valence-electron chi connectivity index (χ2n) is 10.5. The number of amides is 1. The Hall–Kier alpha value is -4.36. The molecule has 18 nitrogen and oxygen atoms in total. The summed E-state index contributed by atoms with van der Waals surface area (Å²) < 4.78 is 0. The fourth-order valence-corrected chi connectivity index (χ4v) is 4.61. The van der Waals surface area contributed by atoms with Gasteiger partial charge in [-0.05, 0) is 24.3 Å². The predicted molar refractivity (Wildman–Crippen MR) is 159 cm³/mol. The van der Waals surface area contributed by atoms with Gasteiger partial charge in [-0.25, -0.2) is 0 Å². The first-order valence-electron chi connectivity index (χ1n) is 14.1. The van der Waals surface area contributed by atoms with Crippen molar-refractivity contribution in [3.63, 3.8) is 0 Å². The number of rotatable bonds is 16. The average Bonchev–Trinajstić information content (AvgIpc) is 2.92. The van der Waals surface area contributed by atoms with Crippen LogP contribution in [0.25, 0.3) is 0 Å². The first kappa shape index (κ1) is 36.8. The van der Waals surface area contributed by atoms with Gasteiger partial charge in [0.25, 0.3) is 0 Å². The van der Waals surface area contributed by atoms with E-state index in [-0.39, 0.29) is 78.0 Å². The maximum atomic E-state index is 13.0. The van der Waals surface area contributed by atoms with Gasteiger partial charge in [0.1, 0.15) is 0 Å². The Bertz CT molecular complexity index is 1120. The molecule has 1 amide bonds. The van der Waals surface area contributed by atoms with E-state index >= 15 is 0 Å². The molecule has 0 atom stereocenters. The van der Waals surface area contributed by atoms with Crippen LogP contribution in [0.2, 0.25) is 0 Å². The van der Waals surface area contributed by atoms with Gasteiger partial charge in [0, 0.05) is 63.7 Å². The van der Waals surface area contributed by atoms with Crippen LogP contribution in [0, 0.1) is 0 Å². The van der Waals surface area contributed by atoms with Gasteiger partial charge in [0.2, 0.25) is 5.91 Å². The number of anilines is 2. The van der Waals surface area contributed by atoms with Crippen molar-refractivity contribution >= 4 is 47.1 Å².